The minimum Gasteiger partial charge on any atom is -0.349 e. The van der Waals surface area contributed by atoms with Crippen molar-refractivity contribution in [3.63, 3.8) is 0 Å². The van der Waals surface area contributed by atoms with Crippen molar-refractivity contribution in [2.75, 3.05) is 13.1 Å². The lowest BCUT2D eigenvalue weighted by molar-refractivity contribution is -0.131. The van der Waals surface area contributed by atoms with Gasteiger partial charge in [-0.25, -0.2) is 4.39 Å². The van der Waals surface area contributed by atoms with Crippen LogP contribution in [0.2, 0.25) is 0 Å². The van der Waals surface area contributed by atoms with Gasteiger partial charge < -0.3 is 10.6 Å². The number of hydrogen-bond donors (Lipinski definition) is 2. The van der Waals surface area contributed by atoms with E-state index in [1.54, 1.807) is 18.2 Å². The topological polar surface area (TPSA) is 41.1 Å². The number of nitrogens with one attached hydrogen (secondary N) is 2. The molecule has 2 N–H and O–H groups in total. The molecule has 2 rings (SSSR count). The number of halogens is 1. The SMILES string of the molecule is CCC1(C(=O)NC(C)c2ccccc2F)CCNC1. The van der Waals surface area contributed by atoms with Crippen LogP contribution in [0.4, 0.5) is 4.39 Å². The van der Waals surface area contributed by atoms with Crippen LogP contribution in [0, 0.1) is 11.2 Å². The highest BCUT2D eigenvalue weighted by Gasteiger charge is 2.39. The van der Waals surface area contributed by atoms with Crippen molar-refractivity contribution in [1.82, 2.24) is 10.6 Å². The lowest BCUT2D eigenvalue weighted by Gasteiger charge is -2.27. The minimum absolute atomic E-state index is 0.0238. The van der Waals surface area contributed by atoms with Crippen molar-refractivity contribution >= 4 is 5.91 Å². The van der Waals surface area contributed by atoms with Crippen LogP contribution in [0.5, 0.6) is 0 Å². The predicted molar refractivity (Wildman–Crippen MR) is 73.2 cm³/mol. The maximum absolute atomic E-state index is 13.7. The average molecular weight is 264 g/mol. The van der Waals surface area contributed by atoms with Gasteiger partial charge in [-0.1, -0.05) is 25.1 Å². The molecule has 0 radical (unpaired) electrons. The van der Waals surface area contributed by atoms with Gasteiger partial charge in [0.25, 0.3) is 0 Å². The number of carbonyl (C=O) groups excluding carboxylic acids is 1. The van der Waals surface area contributed by atoms with E-state index in [9.17, 15) is 9.18 Å². The first kappa shape index (κ1) is 14.0. The highest BCUT2D eigenvalue weighted by molar-refractivity contribution is 5.83. The zero-order valence-electron chi connectivity index (χ0n) is 11.5. The van der Waals surface area contributed by atoms with Crippen molar-refractivity contribution in [1.29, 1.82) is 0 Å². The highest BCUT2D eigenvalue weighted by atomic mass is 19.1. The van der Waals surface area contributed by atoms with E-state index < -0.39 is 0 Å². The molecule has 1 aromatic carbocycles. The summed E-state index contributed by atoms with van der Waals surface area (Å²) in [5.74, 6) is -0.249. The molecule has 1 aromatic rings. The fourth-order valence-electron chi connectivity index (χ4n) is 2.65. The lowest BCUT2D eigenvalue weighted by atomic mass is 9.83. The van der Waals surface area contributed by atoms with Gasteiger partial charge >= 0.3 is 0 Å². The normalized spacial score (nSPS) is 24.2. The molecular weight excluding hydrogens is 243 g/mol. The molecule has 1 aliphatic heterocycles. The quantitative estimate of drug-likeness (QED) is 0.876. The number of carbonyl (C=O) groups is 1. The standard InChI is InChI=1S/C15H21FN2O/c1-3-15(8-9-17-10-15)14(19)18-11(2)12-6-4-5-7-13(12)16/h4-7,11,17H,3,8-10H2,1-2H3,(H,18,19). The Morgan fingerprint density at radius 3 is 2.84 bits per heavy atom. The fraction of sp³-hybridized carbons (Fsp3) is 0.533. The summed E-state index contributed by atoms with van der Waals surface area (Å²) >= 11 is 0. The van der Waals surface area contributed by atoms with Gasteiger partial charge in [0.1, 0.15) is 5.82 Å². The molecule has 1 fully saturated rings. The van der Waals surface area contributed by atoms with Gasteiger partial charge in [0, 0.05) is 12.1 Å². The van der Waals surface area contributed by atoms with E-state index in [-0.39, 0.29) is 23.2 Å². The molecule has 1 heterocycles. The van der Waals surface area contributed by atoms with Crippen molar-refractivity contribution in [3.8, 4) is 0 Å². The molecule has 2 atom stereocenters. The lowest BCUT2D eigenvalue weighted by Crippen LogP contribution is -2.43. The molecule has 1 amide bonds. The van der Waals surface area contributed by atoms with Crippen molar-refractivity contribution in [2.24, 2.45) is 5.41 Å². The summed E-state index contributed by atoms with van der Waals surface area (Å²) in [5.41, 5.74) is 0.201. The summed E-state index contributed by atoms with van der Waals surface area (Å²) in [6.45, 7) is 5.43. The van der Waals surface area contributed by atoms with Gasteiger partial charge in [-0.2, -0.15) is 0 Å². The van der Waals surface area contributed by atoms with Gasteiger partial charge in [-0.3, -0.25) is 4.79 Å². The Kier molecular flexibility index (Phi) is 4.20. The summed E-state index contributed by atoms with van der Waals surface area (Å²) in [6, 6.07) is 6.27. The van der Waals surface area contributed by atoms with Crippen LogP contribution in [0.1, 0.15) is 38.3 Å². The van der Waals surface area contributed by atoms with Crippen molar-refractivity contribution in [2.45, 2.75) is 32.7 Å². The van der Waals surface area contributed by atoms with Crippen molar-refractivity contribution in [3.05, 3.63) is 35.6 Å². The smallest absolute Gasteiger partial charge is 0.228 e. The van der Waals surface area contributed by atoms with Gasteiger partial charge in [0.15, 0.2) is 0 Å². The predicted octanol–water partition coefficient (Wildman–Crippen LogP) is 2.39. The van der Waals surface area contributed by atoms with Gasteiger partial charge in [0.2, 0.25) is 5.91 Å². The van der Waals surface area contributed by atoms with Crippen LogP contribution >= 0.6 is 0 Å². The Labute approximate surface area is 113 Å². The van der Waals surface area contributed by atoms with E-state index in [1.807, 2.05) is 13.8 Å². The zero-order valence-corrected chi connectivity index (χ0v) is 11.5. The van der Waals surface area contributed by atoms with E-state index in [0.717, 1.165) is 19.4 Å². The van der Waals surface area contributed by atoms with Crippen LogP contribution in [-0.4, -0.2) is 19.0 Å². The third-order valence-corrected chi connectivity index (χ3v) is 4.12. The summed E-state index contributed by atoms with van der Waals surface area (Å²) in [7, 11) is 0. The average Bonchev–Trinajstić information content (AvgIpc) is 2.89. The molecule has 0 bridgehead atoms. The monoisotopic (exact) mass is 264 g/mol. The van der Waals surface area contributed by atoms with Crippen LogP contribution in [0.15, 0.2) is 24.3 Å². The van der Waals surface area contributed by atoms with E-state index in [4.69, 9.17) is 0 Å². The molecule has 0 saturated carbocycles. The number of hydrogen-bond acceptors (Lipinski definition) is 2. The first-order valence-electron chi connectivity index (χ1n) is 6.85. The van der Waals surface area contributed by atoms with E-state index in [0.29, 0.717) is 12.1 Å². The van der Waals surface area contributed by atoms with Gasteiger partial charge in [0.05, 0.1) is 11.5 Å². The number of amides is 1. The summed E-state index contributed by atoms with van der Waals surface area (Å²) in [5, 5.41) is 6.19. The molecule has 1 saturated heterocycles. The molecule has 0 aromatic heterocycles. The Hall–Kier alpha value is -1.42. The third kappa shape index (κ3) is 2.78. The maximum atomic E-state index is 13.7. The summed E-state index contributed by atoms with van der Waals surface area (Å²) < 4.78 is 13.7. The Morgan fingerprint density at radius 1 is 1.53 bits per heavy atom. The molecule has 104 valence electrons. The molecule has 3 nitrogen and oxygen atoms in total. The first-order valence-corrected chi connectivity index (χ1v) is 6.85. The maximum Gasteiger partial charge on any atom is 0.228 e. The summed E-state index contributed by atoms with van der Waals surface area (Å²) in [6.07, 6.45) is 1.65. The molecule has 0 aliphatic carbocycles. The molecule has 1 aliphatic rings. The molecule has 19 heavy (non-hydrogen) atoms. The molecular formula is C15H21FN2O. The Balaban J connectivity index is 2.08. The van der Waals surface area contributed by atoms with Crippen LogP contribution in [0.25, 0.3) is 0 Å². The second-order valence-corrected chi connectivity index (χ2v) is 5.28. The van der Waals surface area contributed by atoms with Gasteiger partial charge in [-0.05, 0) is 32.4 Å². The zero-order chi connectivity index (χ0) is 13.9. The van der Waals surface area contributed by atoms with Crippen LogP contribution in [0.3, 0.4) is 0 Å². The fourth-order valence-corrected chi connectivity index (χ4v) is 2.65. The molecule has 4 heteroatoms. The third-order valence-electron chi connectivity index (χ3n) is 4.12. The molecule has 2 unspecified atom stereocenters. The Morgan fingerprint density at radius 2 is 2.26 bits per heavy atom. The van der Waals surface area contributed by atoms with Crippen LogP contribution in [-0.2, 0) is 4.79 Å². The highest BCUT2D eigenvalue weighted by Crippen LogP contribution is 2.30. The van der Waals surface area contributed by atoms with E-state index in [1.165, 1.54) is 6.07 Å². The largest absolute Gasteiger partial charge is 0.349 e. The summed E-state index contributed by atoms with van der Waals surface area (Å²) in [4.78, 5) is 12.4. The molecule has 0 spiro atoms. The van der Waals surface area contributed by atoms with Gasteiger partial charge in [-0.15, -0.1) is 0 Å². The van der Waals surface area contributed by atoms with E-state index in [2.05, 4.69) is 10.6 Å². The van der Waals surface area contributed by atoms with Crippen LogP contribution < -0.4 is 10.6 Å². The second kappa shape index (κ2) is 5.70. The number of rotatable bonds is 4. The minimum atomic E-state index is -0.334. The first-order chi connectivity index (χ1) is 9.09. The Bertz CT molecular complexity index is 455. The number of benzene rings is 1. The van der Waals surface area contributed by atoms with Crippen molar-refractivity contribution < 1.29 is 9.18 Å². The second-order valence-electron chi connectivity index (χ2n) is 5.28. The van der Waals surface area contributed by atoms with E-state index >= 15 is 0 Å².